The highest BCUT2D eigenvalue weighted by Crippen LogP contribution is 2.05. The Labute approximate surface area is 88.9 Å². The molecule has 0 N–H and O–H groups in total. The predicted molar refractivity (Wildman–Crippen MR) is 60.0 cm³/mol. The quantitative estimate of drug-likeness (QED) is 0.685. The van der Waals surface area contributed by atoms with Gasteiger partial charge in [0.25, 0.3) is 0 Å². The second-order valence-corrected chi connectivity index (χ2v) is 3.07. The molecule has 0 saturated heterocycles. The summed E-state index contributed by atoms with van der Waals surface area (Å²) >= 11 is 0. The Balaban J connectivity index is 2.67. The number of allylic oxidation sites excluding steroid dienone is 3. The number of ketones is 1. The lowest BCUT2D eigenvalue weighted by atomic mass is 10.2. The smallest absolute Gasteiger partial charge is 0.213 e. The van der Waals surface area contributed by atoms with E-state index in [9.17, 15) is 9.18 Å². The van der Waals surface area contributed by atoms with Crippen molar-refractivity contribution in [3.05, 3.63) is 53.9 Å². The number of hydrogen-bond acceptors (Lipinski definition) is 1. The van der Waals surface area contributed by atoms with E-state index in [0.717, 1.165) is 5.56 Å². The molecule has 1 aromatic rings. The zero-order valence-electron chi connectivity index (χ0n) is 8.61. The second kappa shape index (κ2) is 5.91. The molecular formula is C13H13FO. The van der Waals surface area contributed by atoms with Crippen molar-refractivity contribution >= 4 is 11.9 Å². The minimum Gasteiger partial charge on any atom is -0.287 e. The third-order valence-electron chi connectivity index (χ3n) is 1.85. The first-order valence-electron chi connectivity index (χ1n) is 4.87. The molecule has 15 heavy (non-hydrogen) atoms. The standard InChI is InChI=1S/C13H13FO/c1-2-6-12(14)13(15)10-9-11-7-4-3-5-8-11/h3-10H,2H2,1H3/b10-9+,12-6-. The lowest BCUT2D eigenvalue weighted by Gasteiger charge is -1.91. The minimum atomic E-state index is -0.690. The van der Waals surface area contributed by atoms with Gasteiger partial charge in [0.05, 0.1) is 0 Å². The summed E-state index contributed by atoms with van der Waals surface area (Å²) in [4.78, 5) is 11.2. The molecule has 0 amide bonds. The van der Waals surface area contributed by atoms with Gasteiger partial charge in [-0.2, -0.15) is 0 Å². The molecule has 0 radical (unpaired) electrons. The molecule has 0 atom stereocenters. The Hall–Kier alpha value is -1.70. The molecule has 0 heterocycles. The van der Waals surface area contributed by atoms with Gasteiger partial charge in [-0.3, -0.25) is 4.79 Å². The van der Waals surface area contributed by atoms with E-state index in [1.807, 2.05) is 30.3 Å². The SMILES string of the molecule is CC/C=C(\F)C(=O)/C=C/c1ccccc1. The first kappa shape index (κ1) is 11.4. The van der Waals surface area contributed by atoms with Gasteiger partial charge in [0.15, 0.2) is 5.83 Å². The molecule has 1 nitrogen and oxygen atoms in total. The van der Waals surface area contributed by atoms with Crippen molar-refractivity contribution in [2.75, 3.05) is 0 Å². The monoisotopic (exact) mass is 204 g/mol. The molecule has 0 aromatic heterocycles. The van der Waals surface area contributed by atoms with Crippen molar-refractivity contribution in [1.29, 1.82) is 0 Å². The van der Waals surface area contributed by atoms with Crippen molar-refractivity contribution < 1.29 is 9.18 Å². The largest absolute Gasteiger partial charge is 0.287 e. The van der Waals surface area contributed by atoms with Crippen LogP contribution in [0.3, 0.4) is 0 Å². The number of benzene rings is 1. The number of carbonyl (C=O) groups excluding carboxylic acids is 1. The predicted octanol–water partition coefficient (Wildman–Crippen LogP) is 3.53. The van der Waals surface area contributed by atoms with Crippen LogP contribution in [-0.4, -0.2) is 5.78 Å². The molecule has 0 bridgehead atoms. The summed E-state index contributed by atoms with van der Waals surface area (Å²) in [5.41, 5.74) is 0.884. The van der Waals surface area contributed by atoms with Gasteiger partial charge in [0.1, 0.15) is 0 Å². The van der Waals surface area contributed by atoms with Gasteiger partial charge in [-0.25, -0.2) is 4.39 Å². The maximum atomic E-state index is 13.0. The van der Waals surface area contributed by atoms with Gasteiger partial charge in [-0.15, -0.1) is 0 Å². The second-order valence-electron chi connectivity index (χ2n) is 3.07. The van der Waals surface area contributed by atoms with Crippen LogP contribution in [0.5, 0.6) is 0 Å². The summed E-state index contributed by atoms with van der Waals surface area (Å²) in [7, 11) is 0. The zero-order valence-corrected chi connectivity index (χ0v) is 8.61. The van der Waals surface area contributed by atoms with Crippen LogP contribution in [0.15, 0.2) is 48.3 Å². The highest BCUT2D eigenvalue weighted by atomic mass is 19.1. The van der Waals surface area contributed by atoms with E-state index >= 15 is 0 Å². The van der Waals surface area contributed by atoms with Crippen molar-refractivity contribution in [2.24, 2.45) is 0 Å². The fourth-order valence-electron chi connectivity index (χ4n) is 1.10. The van der Waals surface area contributed by atoms with E-state index in [2.05, 4.69) is 0 Å². The van der Waals surface area contributed by atoms with E-state index in [-0.39, 0.29) is 0 Å². The molecule has 0 spiro atoms. The number of hydrogen-bond donors (Lipinski definition) is 0. The fourth-order valence-corrected chi connectivity index (χ4v) is 1.10. The summed E-state index contributed by atoms with van der Waals surface area (Å²) in [6, 6.07) is 9.32. The van der Waals surface area contributed by atoms with Crippen LogP contribution in [0, 0.1) is 0 Å². The van der Waals surface area contributed by atoms with Gasteiger partial charge in [-0.1, -0.05) is 43.3 Å². The van der Waals surface area contributed by atoms with Crippen LogP contribution in [0.4, 0.5) is 4.39 Å². The highest BCUT2D eigenvalue weighted by molar-refractivity contribution is 6.04. The van der Waals surface area contributed by atoms with E-state index < -0.39 is 11.6 Å². The van der Waals surface area contributed by atoms with Gasteiger partial charge < -0.3 is 0 Å². The number of halogens is 1. The van der Waals surface area contributed by atoms with Gasteiger partial charge >= 0.3 is 0 Å². The van der Waals surface area contributed by atoms with Gasteiger partial charge in [0, 0.05) is 0 Å². The van der Waals surface area contributed by atoms with Crippen LogP contribution in [0.1, 0.15) is 18.9 Å². The summed E-state index contributed by atoms with van der Waals surface area (Å²) in [5.74, 6) is -1.27. The Morgan fingerprint density at radius 3 is 2.60 bits per heavy atom. The first-order chi connectivity index (χ1) is 7.24. The average Bonchev–Trinajstić information content (AvgIpc) is 2.27. The van der Waals surface area contributed by atoms with Crippen LogP contribution in [-0.2, 0) is 4.79 Å². The van der Waals surface area contributed by atoms with Crippen molar-refractivity contribution in [1.82, 2.24) is 0 Å². The molecule has 0 aliphatic carbocycles. The molecule has 0 aliphatic heterocycles. The van der Waals surface area contributed by atoms with E-state index in [1.54, 1.807) is 13.0 Å². The number of rotatable bonds is 4. The third-order valence-corrected chi connectivity index (χ3v) is 1.85. The topological polar surface area (TPSA) is 17.1 Å². The number of carbonyl (C=O) groups is 1. The van der Waals surface area contributed by atoms with Crippen molar-refractivity contribution in [2.45, 2.75) is 13.3 Å². The Kier molecular flexibility index (Phi) is 4.48. The molecule has 0 fully saturated rings. The van der Waals surface area contributed by atoms with Crippen LogP contribution < -0.4 is 0 Å². The maximum absolute atomic E-state index is 13.0. The Morgan fingerprint density at radius 1 is 1.33 bits per heavy atom. The molecule has 0 aliphatic rings. The third kappa shape index (κ3) is 3.90. The summed E-state index contributed by atoms with van der Waals surface area (Å²) in [5, 5.41) is 0. The van der Waals surface area contributed by atoms with Gasteiger partial charge in [0.2, 0.25) is 5.78 Å². The molecule has 1 rings (SSSR count). The van der Waals surface area contributed by atoms with Crippen LogP contribution in [0.25, 0.3) is 6.08 Å². The Morgan fingerprint density at radius 2 is 2.00 bits per heavy atom. The van der Waals surface area contributed by atoms with Crippen LogP contribution >= 0.6 is 0 Å². The normalized spacial score (nSPS) is 12.0. The molecular weight excluding hydrogens is 191 g/mol. The molecule has 2 heteroatoms. The summed E-state index contributed by atoms with van der Waals surface area (Å²) < 4.78 is 13.0. The van der Waals surface area contributed by atoms with E-state index in [1.165, 1.54) is 12.2 Å². The van der Waals surface area contributed by atoms with Crippen molar-refractivity contribution in [3.8, 4) is 0 Å². The van der Waals surface area contributed by atoms with Gasteiger partial charge in [-0.05, 0) is 24.1 Å². The highest BCUT2D eigenvalue weighted by Gasteiger charge is 2.02. The minimum absolute atomic E-state index is 0.525. The summed E-state index contributed by atoms with van der Waals surface area (Å²) in [6.45, 7) is 1.79. The van der Waals surface area contributed by atoms with Crippen LogP contribution in [0.2, 0.25) is 0 Å². The van der Waals surface area contributed by atoms with E-state index in [0.29, 0.717) is 6.42 Å². The zero-order chi connectivity index (χ0) is 11.1. The lowest BCUT2D eigenvalue weighted by Crippen LogP contribution is -1.92. The molecule has 0 saturated carbocycles. The molecule has 0 unspecified atom stereocenters. The first-order valence-corrected chi connectivity index (χ1v) is 4.87. The fraction of sp³-hybridized carbons (Fsp3) is 0.154. The maximum Gasteiger partial charge on any atom is 0.213 e. The molecule has 1 aromatic carbocycles. The Bertz CT molecular complexity index is 377. The average molecular weight is 204 g/mol. The van der Waals surface area contributed by atoms with Crippen molar-refractivity contribution in [3.63, 3.8) is 0 Å². The summed E-state index contributed by atoms with van der Waals surface area (Å²) in [6.07, 6.45) is 4.65. The van der Waals surface area contributed by atoms with E-state index in [4.69, 9.17) is 0 Å². The molecule has 78 valence electrons. The lowest BCUT2D eigenvalue weighted by molar-refractivity contribution is -0.112.